The van der Waals surface area contributed by atoms with Crippen LogP contribution < -0.4 is 0 Å². The lowest BCUT2D eigenvalue weighted by Gasteiger charge is -2.37. The monoisotopic (exact) mass is 420 g/mol. The average molecular weight is 420 g/mol. The van der Waals surface area contributed by atoms with Gasteiger partial charge in [-0.25, -0.2) is 4.79 Å². The lowest BCUT2D eigenvalue weighted by molar-refractivity contribution is -0.424. The SMILES string of the molecule is COC(=O)c1c(O)cccc1C(F)(F)C(F)(F)C(F)(F)C(F)(F)C(F)(F)F. The van der Waals surface area contributed by atoms with Gasteiger partial charge in [-0.2, -0.15) is 48.3 Å². The molecule has 0 aliphatic rings. The van der Waals surface area contributed by atoms with Crippen LogP contribution in [0.4, 0.5) is 48.3 Å². The van der Waals surface area contributed by atoms with Gasteiger partial charge in [0.15, 0.2) is 0 Å². The lowest BCUT2D eigenvalue weighted by Crippen LogP contribution is -2.65. The third kappa shape index (κ3) is 3.14. The van der Waals surface area contributed by atoms with E-state index in [0.29, 0.717) is 19.2 Å². The number of methoxy groups -OCH3 is 1. The van der Waals surface area contributed by atoms with Crippen molar-refractivity contribution in [3.8, 4) is 5.75 Å². The highest BCUT2D eigenvalue weighted by molar-refractivity contribution is 5.94. The van der Waals surface area contributed by atoms with Crippen molar-refractivity contribution in [1.29, 1.82) is 0 Å². The third-order valence-electron chi connectivity index (χ3n) is 3.31. The quantitative estimate of drug-likeness (QED) is 0.553. The largest absolute Gasteiger partial charge is 0.507 e. The molecule has 3 nitrogen and oxygen atoms in total. The summed E-state index contributed by atoms with van der Waals surface area (Å²) in [6.45, 7) is 0. The molecule has 0 aliphatic carbocycles. The van der Waals surface area contributed by atoms with Crippen LogP contribution in [0.3, 0.4) is 0 Å². The number of carbonyl (C=O) groups is 1. The van der Waals surface area contributed by atoms with Crippen LogP contribution in [0.5, 0.6) is 5.75 Å². The number of esters is 1. The molecule has 0 bridgehead atoms. The van der Waals surface area contributed by atoms with Crippen LogP contribution in [0.25, 0.3) is 0 Å². The number of aromatic hydroxyl groups is 1. The molecule has 0 unspecified atom stereocenters. The van der Waals surface area contributed by atoms with Crippen molar-refractivity contribution in [1.82, 2.24) is 0 Å². The van der Waals surface area contributed by atoms with Crippen molar-refractivity contribution in [2.75, 3.05) is 7.11 Å². The number of phenolic OH excluding ortho intramolecular Hbond substituents is 1. The molecule has 0 aromatic heterocycles. The Kier molecular flexibility index (Phi) is 5.40. The Morgan fingerprint density at radius 1 is 0.852 bits per heavy atom. The molecule has 0 atom stereocenters. The predicted octanol–water partition coefficient (Wildman–Crippen LogP) is 4.74. The summed E-state index contributed by atoms with van der Waals surface area (Å²) in [5.41, 5.74) is -4.27. The maximum atomic E-state index is 14.0. The van der Waals surface area contributed by atoms with Gasteiger partial charge in [0.05, 0.1) is 7.11 Å². The summed E-state index contributed by atoms with van der Waals surface area (Å²) < 4.78 is 148. The van der Waals surface area contributed by atoms with Gasteiger partial charge >= 0.3 is 35.8 Å². The molecule has 1 rings (SSSR count). The number of carbonyl (C=O) groups excluding carboxylic acids is 1. The van der Waals surface area contributed by atoms with Crippen molar-refractivity contribution >= 4 is 5.97 Å². The van der Waals surface area contributed by atoms with E-state index in [1.165, 1.54) is 0 Å². The molecule has 0 fully saturated rings. The van der Waals surface area contributed by atoms with Gasteiger partial charge in [-0.05, 0) is 6.07 Å². The first-order chi connectivity index (χ1) is 11.9. The zero-order valence-corrected chi connectivity index (χ0v) is 12.7. The number of phenols is 1. The molecule has 0 saturated carbocycles. The topological polar surface area (TPSA) is 46.5 Å². The summed E-state index contributed by atoms with van der Waals surface area (Å²) in [5.74, 6) is -32.5. The molecule has 1 N–H and O–H groups in total. The molecule has 1 aromatic carbocycles. The molecule has 1 aromatic rings. The van der Waals surface area contributed by atoms with Crippen molar-refractivity contribution in [2.45, 2.75) is 29.9 Å². The zero-order valence-electron chi connectivity index (χ0n) is 12.7. The number of benzene rings is 1. The van der Waals surface area contributed by atoms with Gasteiger partial charge < -0.3 is 9.84 Å². The molecule has 0 heterocycles. The van der Waals surface area contributed by atoms with E-state index in [9.17, 15) is 58.2 Å². The molecule has 0 saturated heterocycles. The van der Waals surface area contributed by atoms with E-state index in [4.69, 9.17) is 0 Å². The fourth-order valence-electron chi connectivity index (χ4n) is 1.86. The normalized spacial score (nSPS) is 14.2. The van der Waals surface area contributed by atoms with Crippen LogP contribution in [0, 0.1) is 0 Å². The van der Waals surface area contributed by atoms with Crippen LogP contribution in [-0.2, 0) is 10.7 Å². The second kappa shape index (κ2) is 6.41. The van der Waals surface area contributed by atoms with Gasteiger partial charge in [-0.15, -0.1) is 0 Å². The van der Waals surface area contributed by atoms with E-state index >= 15 is 0 Å². The molecular weight excluding hydrogens is 413 g/mol. The van der Waals surface area contributed by atoms with Crippen molar-refractivity contribution in [3.05, 3.63) is 29.3 Å². The smallest absolute Gasteiger partial charge is 0.460 e. The minimum atomic E-state index is -7.64. The minimum absolute atomic E-state index is 0.151. The number of rotatable bonds is 5. The number of halogens is 11. The van der Waals surface area contributed by atoms with E-state index in [1.807, 2.05) is 0 Å². The van der Waals surface area contributed by atoms with E-state index in [-0.39, 0.29) is 6.07 Å². The molecule has 154 valence electrons. The Morgan fingerprint density at radius 2 is 1.33 bits per heavy atom. The van der Waals surface area contributed by atoms with Crippen LogP contribution >= 0.6 is 0 Å². The van der Waals surface area contributed by atoms with Crippen LogP contribution in [0.15, 0.2) is 18.2 Å². The molecule has 0 amide bonds. The minimum Gasteiger partial charge on any atom is -0.507 e. The third-order valence-corrected chi connectivity index (χ3v) is 3.31. The highest BCUT2D eigenvalue weighted by Crippen LogP contribution is 2.60. The van der Waals surface area contributed by atoms with Gasteiger partial charge in [-0.1, -0.05) is 12.1 Å². The lowest BCUT2D eigenvalue weighted by atomic mass is 9.90. The average Bonchev–Trinajstić information content (AvgIpc) is 2.52. The molecule has 27 heavy (non-hydrogen) atoms. The highest BCUT2D eigenvalue weighted by atomic mass is 19.4. The second-order valence-corrected chi connectivity index (χ2v) is 4.99. The highest BCUT2D eigenvalue weighted by Gasteiger charge is 2.87. The number of hydrogen-bond acceptors (Lipinski definition) is 3. The summed E-state index contributed by atoms with van der Waals surface area (Å²) in [7, 11) is 0.501. The first kappa shape index (κ1) is 22.8. The molecule has 14 heteroatoms. The second-order valence-electron chi connectivity index (χ2n) is 4.99. The van der Waals surface area contributed by atoms with Crippen molar-refractivity contribution < 1.29 is 62.9 Å². The Balaban J connectivity index is 3.73. The Bertz CT molecular complexity index is 725. The molecule has 0 spiro atoms. The summed E-state index contributed by atoms with van der Waals surface area (Å²) in [4.78, 5) is 11.4. The van der Waals surface area contributed by atoms with Crippen molar-refractivity contribution in [2.24, 2.45) is 0 Å². The Labute approximate surface area is 142 Å². The van der Waals surface area contributed by atoms with Crippen LogP contribution in [0.2, 0.25) is 0 Å². The van der Waals surface area contributed by atoms with Gasteiger partial charge in [0, 0.05) is 5.56 Å². The van der Waals surface area contributed by atoms with E-state index in [0.717, 1.165) is 0 Å². The van der Waals surface area contributed by atoms with E-state index < -0.39 is 52.7 Å². The first-order valence-electron chi connectivity index (χ1n) is 6.36. The first-order valence-corrected chi connectivity index (χ1v) is 6.36. The standard InChI is InChI=1S/C13H7F11O3/c1-27-8(26)7-5(3-2-4-6(7)25)9(14,15)10(16,17)11(18,19)12(20,21)13(22,23)24/h2-4,25H,1H3. The Morgan fingerprint density at radius 3 is 1.74 bits per heavy atom. The van der Waals surface area contributed by atoms with Gasteiger partial charge in [0.25, 0.3) is 0 Å². The maximum Gasteiger partial charge on any atom is 0.460 e. The number of alkyl halides is 11. The van der Waals surface area contributed by atoms with Crippen LogP contribution in [-0.4, -0.2) is 42.1 Å². The fourth-order valence-corrected chi connectivity index (χ4v) is 1.86. The summed E-state index contributed by atoms with van der Waals surface area (Å²) in [6.07, 6.45) is -7.31. The molecule has 0 radical (unpaired) electrons. The van der Waals surface area contributed by atoms with Gasteiger partial charge in [0.2, 0.25) is 0 Å². The van der Waals surface area contributed by atoms with E-state index in [1.54, 1.807) is 0 Å². The van der Waals surface area contributed by atoms with Crippen molar-refractivity contribution in [3.63, 3.8) is 0 Å². The summed E-state index contributed by atoms with van der Waals surface area (Å²) >= 11 is 0. The van der Waals surface area contributed by atoms with Gasteiger partial charge in [0.1, 0.15) is 11.3 Å². The fraction of sp³-hybridized carbons (Fsp3) is 0.462. The number of hydrogen-bond donors (Lipinski definition) is 1. The van der Waals surface area contributed by atoms with Crippen LogP contribution in [0.1, 0.15) is 15.9 Å². The Hall–Kier alpha value is -2.28. The van der Waals surface area contributed by atoms with E-state index in [2.05, 4.69) is 4.74 Å². The molecular formula is C13H7F11O3. The summed E-state index contributed by atoms with van der Waals surface area (Å²) in [5, 5.41) is 9.32. The maximum absolute atomic E-state index is 14.0. The van der Waals surface area contributed by atoms with Gasteiger partial charge in [-0.3, -0.25) is 0 Å². The zero-order chi connectivity index (χ0) is 21.6. The number of ether oxygens (including phenoxy) is 1. The predicted molar refractivity (Wildman–Crippen MR) is 64.2 cm³/mol. The summed E-state index contributed by atoms with van der Waals surface area (Å²) in [6, 6.07) is 0.634. The molecule has 0 aliphatic heterocycles.